The van der Waals surface area contributed by atoms with Gasteiger partial charge in [-0.2, -0.15) is 0 Å². The van der Waals surface area contributed by atoms with Crippen molar-refractivity contribution in [3.63, 3.8) is 0 Å². The van der Waals surface area contributed by atoms with Gasteiger partial charge in [-0.15, -0.1) is 21.5 Å². The Bertz CT molecular complexity index is 971. The first-order valence-corrected chi connectivity index (χ1v) is 9.49. The predicted molar refractivity (Wildman–Crippen MR) is 107 cm³/mol. The molecule has 1 aromatic carbocycles. The van der Waals surface area contributed by atoms with Gasteiger partial charge in [0.05, 0.1) is 26.2 Å². The molecule has 0 aliphatic heterocycles. The smallest absolute Gasteiger partial charge is 0.331 e. The van der Waals surface area contributed by atoms with Gasteiger partial charge in [0.25, 0.3) is 11.8 Å². The third-order valence-corrected chi connectivity index (χ3v) is 4.77. The topological polar surface area (TPSA) is 92.9 Å². The van der Waals surface area contributed by atoms with Crippen LogP contribution in [0.3, 0.4) is 0 Å². The minimum atomic E-state index is -0.687. The summed E-state index contributed by atoms with van der Waals surface area (Å²) in [6.45, 7) is 1.66. The second kappa shape index (κ2) is 9.24. The van der Waals surface area contributed by atoms with Gasteiger partial charge in [-0.1, -0.05) is 6.07 Å². The Morgan fingerprint density at radius 2 is 1.86 bits per heavy atom. The fourth-order valence-electron chi connectivity index (χ4n) is 2.52. The number of ether oxygens (including phenoxy) is 4. The molecule has 3 rings (SSSR count). The number of aromatic nitrogens is 2. The Labute approximate surface area is 171 Å². The summed E-state index contributed by atoms with van der Waals surface area (Å²) in [5.41, 5.74) is 0.682. The molecule has 3 aromatic rings. The molecule has 0 fully saturated rings. The first kappa shape index (κ1) is 20.4. The van der Waals surface area contributed by atoms with Crippen molar-refractivity contribution in [1.29, 1.82) is 0 Å². The van der Waals surface area contributed by atoms with Crippen molar-refractivity contribution in [2.45, 2.75) is 13.0 Å². The van der Waals surface area contributed by atoms with Crippen LogP contribution in [0.25, 0.3) is 16.8 Å². The van der Waals surface area contributed by atoms with E-state index in [0.29, 0.717) is 28.7 Å². The summed E-state index contributed by atoms with van der Waals surface area (Å²) >= 11 is 1.48. The molecule has 29 heavy (non-hydrogen) atoms. The number of rotatable bonds is 8. The van der Waals surface area contributed by atoms with Crippen LogP contribution in [0.4, 0.5) is 0 Å². The highest BCUT2D eigenvalue weighted by atomic mass is 32.1. The molecule has 0 aliphatic rings. The second-order valence-electron chi connectivity index (χ2n) is 5.79. The molecule has 9 heteroatoms. The molecule has 0 unspecified atom stereocenters. The van der Waals surface area contributed by atoms with E-state index in [1.165, 1.54) is 38.7 Å². The summed E-state index contributed by atoms with van der Waals surface area (Å²) in [7, 11) is 4.57. The third kappa shape index (κ3) is 4.75. The normalized spacial score (nSPS) is 12.0. The predicted octanol–water partition coefficient (Wildman–Crippen LogP) is 4.14. The maximum Gasteiger partial charge on any atom is 0.331 e. The molecule has 2 heterocycles. The Hall–Kier alpha value is -3.33. The minimum absolute atomic E-state index is 0.225. The van der Waals surface area contributed by atoms with Gasteiger partial charge in [-0.25, -0.2) is 4.79 Å². The van der Waals surface area contributed by atoms with E-state index >= 15 is 0 Å². The molecule has 0 radical (unpaired) electrons. The van der Waals surface area contributed by atoms with E-state index < -0.39 is 12.1 Å². The molecular weight excluding hydrogens is 396 g/mol. The first-order chi connectivity index (χ1) is 14.0. The molecule has 0 saturated carbocycles. The number of hydrogen-bond donors (Lipinski definition) is 0. The lowest BCUT2D eigenvalue weighted by atomic mass is 10.1. The lowest BCUT2D eigenvalue weighted by Crippen LogP contribution is -2.06. The first-order valence-electron chi connectivity index (χ1n) is 8.61. The summed E-state index contributed by atoms with van der Waals surface area (Å²) < 4.78 is 26.8. The van der Waals surface area contributed by atoms with Crippen LogP contribution >= 0.6 is 11.3 Å². The van der Waals surface area contributed by atoms with E-state index in [1.807, 2.05) is 17.5 Å². The number of thiophene rings is 1. The van der Waals surface area contributed by atoms with Gasteiger partial charge in [-0.3, -0.25) is 0 Å². The van der Waals surface area contributed by atoms with Crippen molar-refractivity contribution in [2.75, 3.05) is 21.3 Å². The number of nitrogens with zero attached hydrogens (tertiary/aromatic N) is 2. The summed E-state index contributed by atoms with van der Waals surface area (Å²) in [5.74, 6) is 1.51. The Morgan fingerprint density at radius 3 is 2.45 bits per heavy atom. The lowest BCUT2D eigenvalue weighted by Gasteiger charge is -2.12. The Balaban J connectivity index is 1.68. The van der Waals surface area contributed by atoms with Crippen molar-refractivity contribution in [3.05, 3.63) is 47.2 Å². The van der Waals surface area contributed by atoms with Gasteiger partial charge >= 0.3 is 5.97 Å². The zero-order valence-corrected chi connectivity index (χ0v) is 17.2. The molecule has 0 aliphatic carbocycles. The van der Waals surface area contributed by atoms with Crippen LogP contribution in [0.5, 0.6) is 17.2 Å². The average Bonchev–Trinajstić information content (AvgIpc) is 3.42. The highest BCUT2D eigenvalue weighted by molar-refractivity contribution is 7.13. The largest absolute Gasteiger partial charge is 0.493 e. The molecule has 2 aromatic heterocycles. The highest BCUT2D eigenvalue weighted by Gasteiger charge is 2.18. The summed E-state index contributed by atoms with van der Waals surface area (Å²) in [6.07, 6.45) is 2.20. The number of carbonyl (C=O) groups excluding carboxylic acids is 1. The molecule has 0 bridgehead atoms. The maximum atomic E-state index is 12.2. The minimum Gasteiger partial charge on any atom is -0.493 e. The zero-order chi connectivity index (χ0) is 20.8. The van der Waals surface area contributed by atoms with Crippen LogP contribution in [0.2, 0.25) is 0 Å². The molecule has 152 valence electrons. The second-order valence-corrected chi connectivity index (χ2v) is 6.74. The lowest BCUT2D eigenvalue weighted by molar-refractivity contribution is -0.143. The van der Waals surface area contributed by atoms with Gasteiger partial charge in [0, 0.05) is 6.08 Å². The number of hydrogen-bond acceptors (Lipinski definition) is 9. The van der Waals surface area contributed by atoms with Crippen LogP contribution in [0.15, 0.2) is 40.1 Å². The zero-order valence-electron chi connectivity index (χ0n) is 16.4. The standard InChI is InChI=1S/C20H20N2O6S/c1-12(19-21-22-20(28-19)16-6-5-9-29-16)27-17(23)8-7-13-10-14(24-2)18(26-4)15(11-13)25-3/h5-12H,1-4H3/b8-7+/t12-/m0/s1. The fourth-order valence-corrected chi connectivity index (χ4v) is 3.17. The molecule has 0 spiro atoms. The van der Waals surface area contributed by atoms with Gasteiger partial charge in [0.15, 0.2) is 17.6 Å². The SMILES string of the molecule is COc1cc(/C=C/C(=O)O[C@@H](C)c2nnc(-c3cccs3)o2)cc(OC)c1OC. The summed E-state index contributed by atoms with van der Waals surface area (Å²) in [4.78, 5) is 13.0. The molecular formula is C20H20N2O6S. The van der Waals surface area contributed by atoms with Gasteiger partial charge in [-0.05, 0) is 42.1 Å². The Kier molecular flexibility index (Phi) is 6.50. The molecule has 0 saturated heterocycles. The van der Waals surface area contributed by atoms with Crippen molar-refractivity contribution < 1.29 is 28.2 Å². The van der Waals surface area contributed by atoms with Crippen molar-refractivity contribution in [3.8, 4) is 28.0 Å². The van der Waals surface area contributed by atoms with Crippen LogP contribution in [0.1, 0.15) is 24.5 Å². The van der Waals surface area contributed by atoms with Crippen molar-refractivity contribution in [1.82, 2.24) is 10.2 Å². The highest BCUT2D eigenvalue weighted by Crippen LogP contribution is 2.38. The van der Waals surface area contributed by atoms with E-state index in [2.05, 4.69) is 10.2 Å². The Morgan fingerprint density at radius 1 is 1.14 bits per heavy atom. The van der Waals surface area contributed by atoms with E-state index in [1.54, 1.807) is 25.1 Å². The quantitative estimate of drug-likeness (QED) is 0.400. The van der Waals surface area contributed by atoms with E-state index in [-0.39, 0.29) is 5.89 Å². The summed E-state index contributed by atoms with van der Waals surface area (Å²) in [6, 6.07) is 7.21. The maximum absolute atomic E-state index is 12.2. The van der Waals surface area contributed by atoms with Crippen LogP contribution in [-0.2, 0) is 9.53 Å². The average molecular weight is 416 g/mol. The van der Waals surface area contributed by atoms with Gasteiger partial charge in [0.2, 0.25) is 5.75 Å². The summed E-state index contributed by atoms with van der Waals surface area (Å²) in [5, 5.41) is 9.84. The fraction of sp³-hybridized carbons (Fsp3) is 0.250. The van der Waals surface area contributed by atoms with Crippen LogP contribution in [-0.4, -0.2) is 37.5 Å². The van der Waals surface area contributed by atoms with Crippen molar-refractivity contribution >= 4 is 23.4 Å². The third-order valence-electron chi connectivity index (χ3n) is 3.91. The van der Waals surface area contributed by atoms with Gasteiger partial charge in [0.1, 0.15) is 0 Å². The van der Waals surface area contributed by atoms with Crippen molar-refractivity contribution in [2.24, 2.45) is 0 Å². The van der Waals surface area contributed by atoms with E-state index in [4.69, 9.17) is 23.4 Å². The van der Waals surface area contributed by atoms with Crippen LogP contribution in [0, 0.1) is 0 Å². The number of benzene rings is 1. The number of esters is 1. The monoisotopic (exact) mass is 416 g/mol. The molecule has 0 amide bonds. The van der Waals surface area contributed by atoms with E-state index in [9.17, 15) is 4.79 Å². The van der Waals surface area contributed by atoms with Crippen LogP contribution < -0.4 is 14.2 Å². The van der Waals surface area contributed by atoms with E-state index in [0.717, 1.165) is 4.88 Å². The van der Waals surface area contributed by atoms with Gasteiger partial charge < -0.3 is 23.4 Å². The molecule has 1 atom stereocenters. The molecule has 0 N–H and O–H groups in total. The number of methoxy groups -OCH3 is 3. The number of carbonyl (C=O) groups is 1. The molecule has 8 nitrogen and oxygen atoms in total.